The molecular formula is C7H8N2O. The molecule has 0 atom stereocenters. The summed E-state index contributed by atoms with van der Waals surface area (Å²) >= 11 is 0. The number of hydrogen-bond acceptors (Lipinski definition) is 3. The van der Waals surface area contributed by atoms with E-state index in [2.05, 4.69) is 5.48 Å². The first-order valence-electron chi connectivity index (χ1n) is 3.15. The van der Waals surface area contributed by atoms with Gasteiger partial charge < -0.3 is 0 Å². The first-order valence-corrected chi connectivity index (χ1v) is 3.15. The van der Waals surface area contributed by atoms with Crippen molar-refractivity contribution in [3.05, 3.63) is 35.8 Å². The zero-order chi connectivity index (χ0) is 6.97. The highest BCUT2D eigenvalue weighted by Crippen LogP contribution is 2.18. The van der Waals surface area contributed by atoms with Crippen LogP contribution in [0.4, 0.5) is 0 Å². The van der Waals surface area contributed by atoms with E-state index in [0.29, 0.717) is 0 Å². The molecule has 0 radical (unpaired) electrons. The molecule has 0 saturated heterocycles. The highest BCUT2D eigenvalue weighted by atomic mass is 16.8. The maximum absolute atomic E-state index is 4.96. The van der Waals surface area contributed by atoms with Gasteiger partial charge >= 0.3 is 0 Å². The van der Waals surface area contributed by atoms with Crippen LogP contribution in [0.15, 0.2) is 35.8 Å². The quantitative estimate of drug-likeness (QED) is 0.538. The molecule has 3 heteroatoms. The van der Waals surface area contributed by atoms with Crippen molar-refractivity contribution < 1.29 is 4.94 Å². The Balaban J connectivity index is 2.34. The van der Waals surface area contributed by atoms with Crippen LogP contribution in [0.5, 0.6) is 0 Å². The van der Waals surface area contributed by atoms with Crippen LogP contribution in [-0.2, 0) is 4.94 Å². The van der Waals surface area contributed by atoms with E-state index in [9.17, 15) is 0 Å². The first kappa shape index (κ1) is 5.56. The molecule has 0 fully saturated rings. The van der Waals surface area contributed by atoms with Gasteiger partial charge in [0.05, 0.1) is 11.9 Å². The SMILES string of the molecule is CC1=CC2=CNON2C=C1. The molecule has 0 aromatic carbocycles. The maximum Gasteiger partial charge on any atom is 0.0897 e. The third kappa shape index (κ3) is 0.717. The van der Waals surface area contributed by atoms with Gasteiger partial charge in [-0.15, -0.1) is 0 Å². The van der Waals surface area contributed by atoms with Gasteiger partial charge in [0.1, 0.15) is 0 Å². The van der Waals surface area contributed by atoms with E-state index >= 15 is 0 Å². The molecule has 0 amide bonds. The summed E-state index contributed by atoms with van der Waals surface area (Å²) in [6, 6.07) is 0. The van der Waals surface area contributed by atoms with Crippen molar-refractivity contribution >= 4 is 0 Å². The van der Waals surface area contributed by atoms with Crippen LogP contribution < -0.4 is 5.48 Å². The average Bonchev–Trinajstić information content (AvgIpc) is 2.33. The zero-order valence-corrected chi connectivity index (χ0v) is 5.66. The monoisotopic (exact) mass is 136 g/mol. The van der Waals surface area contributed by atoms with Crippen molar-refractivity contribution in [1.29, 1.82) is 0 Å². The molecule has 2 heterocycles. The molecule has 0 spiro atoms. The third-order valence-corrected chi connectivity index (χ3v) is 1.46. The van der Waals surface area contributed by atoms with Crippen LogP contribution in [0.3, 0.4) is 0 Å². The number of allylic oxidation sites excluding steroid dienone is 3. The molecule has 2 rings (SSSR count). The van der Waals surface area contributed by atoms with Crippen molar-refractivity contribution in [2.45, 2.75) is 6.92 Å². The van der Waals surface area contributed by atoms with Crippen LogP contribution in [0.25, 0.3) is 0 Å². The molecule has 0 aliphatic carbocycles. The van der Waals surface area contributed by atoms with E-state index in [1.807, 2.05) is 31.5 Å². The lowest BCUT2D eigenvalue weighted by atomic mass is 10.2. The van der Waals surface area contributed by atoms with Gasteiger partial charge in [-0.2, -0.15) is 4.94 Å². The lowest BCUT2D eigenvalue weighted by Gasteiger charge is -2.14. The normalized spacial score (nSPS) is 21.5. The van der Waals surface area contributed by atoms with Gasteiger partial charge in [-0.25, -0.2) is 10.5 Å². The van der Waals surface area contributed by atoms with Crippen molar-refractivity contribution in [2.24, 2.45) is 0 Å². The molecule has 0 saturated carbocycles. The fraction of sp³-hybridized carbons (Fsp3) is 0.143. The Bertz CT molecular complexity index is 240. The van der Waals surface area contributed by atoms with E-state index in [4.69, 9.17) is 4.94 Å². The fourth-order valence-corrected chi connectivity index (χ4v) is 0.948. The lowest BCUT2D eigenvalue weighted by Crippen LogP contribution is -2.15. The number of nitrogens with one attached hydrogen (secondary N) is 1. The Morgan fingerprint density at radius 1 is 1.60 bits per heavy atom. The van der Waals surface area contributed by atoms with Crippen LogP contribution >= 0.6 is 0 Å². The highest BCUT2D eigenvalue weighted by Gasteiger charge is 2.13. The average molecular weight is 136 g/mol. The molecule has 2 aliphatic heterocycles. The van der Waals surface area contributed by atoms with E-state index in [-0.39, 0.29) is 0 Å². The summed E-state index contributed by atoms with van der Waals surface area (Å²) in [5, 5.41) is 1.67. The Hall–Kier alpha value is -1.22. The Labute approximate surface area is 59.2 Å². The molecule has 10 heavy (non-hydrogen) atoms. The molecule has 0 aromatic rings. The smallest absolute Gasteiger partial charge is 0.0897 e. The summed E-state index contributed by atoms with van der Waals surface area (Å²) in [5.41, 5.74) is 4.93. The van der Waals surface area contributed by atoms with Gasteiger partial charge in [-0.3, -0.25) is 0 Å². The molecule has 1 N–H and O–H groups in total. The Kier molecular flexibility index (Phi) is 1.05. The van der Waals surface area contributed by atoms with Gasteiger partial charge in [0.15, 0.2) is 0 Å². The summed E-state index contributed by atoms with van der Waals surface area (Å²) in [5.74, 6) is 0. The standard InChI is InChI=1S/C7H8N2O/c1-6-2-3-9-7(4-6)5-8-10-9/h2-5,8H,1H3. The topological polar surface area (TPSA) is 24.5 Å². The van der Waals surface area contributed by atoms with Crippen molar-refractivity contribution in [3.63, 3.8) is 0 Å². The molecule has 2 aliphatic rings. The summed E-state index contributed by atoms with van der Waals surface area (Å²) in [4.78, 5) is 4.96. The van der Waals surface area contributed by atoms with Crippen molar-refractivity contribution in [2.75, 3.05) is 0 Å². The molecule has 3 nitrogen and oxygen atoms in total. The van der Waals surface area contributed by atoms with E-state index < -0.39 is 0 Å². The lowest BCUT2D eigenvalue weighted by molar-refractivity contribution is -0.112. The molecule has 0 unspecified atom stereocenters. The third-order valence-electron chi connectivity index (χ3n) is 1.46. The van der Waals surface area contributed by atoms with Crippen molar-refractivity contribution in [1.82, 2.24) is 10.5 Å². The second-order valence-corrected chi connectivity index (χ2v) is 2.31. The predicted molar refractivity (Wildman–Crippen MR) is 37.0 cm³/mol. The summed E-state index contributed by atoms with van der Waals surface area (Å²) < 4.78 is 0. The van der Waals surface area contributed by atoms with Gasteiger partial charge in [0, 0.05) is 6.20 Å². The molecule has 0 aromatic heterocycles. The largest absolute Gasteiger partial charge is 0.247 e. The highest BCUT2D eigenvalue weighted by molar-refractivity contribution is 5.33. The fourth-order valence-electron chi connectivity index (χ4n) is 0.948. The van der Waals surface area contributed by atoms with Gasteiger partial charge in [0.25, 0.3) is 0 Å². The minimum absolute atomic E-state index is 1.04. The van der Waals surface area contributed by atoms with Crippen LogP contribution in [-0.4, -0.2) is 5.06 Å². The number of rotatable bonds is 0. The van der Waals surface area contributed by atoms with Crippen molar-refractivity contribution in [3.8, 4) is 0 Å². The summed E-state index contributed by atoms with van der Waals surface area (Å²) in [6.45, 7) is 2.05. The van der Waals surface area contributed by atoms with Gasteiger partial charge in [-0.1, -0.05) is 0 Å². The number of hydrogen-bond donors (Lipinski definition) is 1. The van der Waals surface area contributed by atoms with Crippen LogP contribution in [0.2, 0.25) is 0 Å². The Morgan fingerprint density at radius 2 is 2.50 bits per heavy atom. The number of hydroxylamine groups is 3. The van der Waals surface area contributed by atoms with Gasteiger partial charge in [-0.05, 0) is 24.6 Å². The minimum atomic E-state index is 1.04. The predicted octanol–water partition coefficient (Wildman–Crippen LogP) is 1.05. The molecule has 0 bridgehead atoms. The second-order valence-electron chi connectivity index (χ2n) is 2.31. The first-order chi connectivity index (χ1) is 4.86. The molecule has 52 valence electrons. The van der Waals surface area contributed by atoms with E-state index in [0.717, 1.165) is 5.70 Å². The summed E-state index contributed by atoms with van der Waals surface area (Å²) in [6.07, 6.45) is 7.72. The number of fused-ring (bicyclic) bond motifs is 1. The van der Waals surface area contributed by atoms with Crippen LogP contribution in [0.1, 0.15) is 6.92 Å². The minimum Gasteiger partial charge on any atom is -0.247 e. The van der Waals surface area contributed by atoms with Crippen LogP contribution in [0, 0.1) is 0 Å². The maximum atomic E-state index is 4.96. The second kappa shape index (κ2) is 1.88. The van der Waals surface area contributed by atoms with Gasteiger partial charge in [0.2, 0.25) is 0 Å². The summed E-state index contributed by atoms with van der Waals surface area (Å²) in [7, 11) is 0. The molecular weight excluding hydrogens is 128 g/mol. The van der Waals surface area contributed by atoms with E-state index in [1.165, 1.54) is 5.57 Å². The van der Waals surface area contributed by atoms with E-state index in [1.54, 1.807) is 5.06 Å². The zero-order valence-electron chi connectivity index (χ0n) is 5.66. The number of nitrogens with zero attached hydrogens (tertiary/aromatic N) is 1. The Morgan fingerprint density at radius 3 is 3.40 bits per heavy atom.